The Balaban J connectivity index is 1.67. The van der Waals surface area contributed by atoms with Crippen molar-refractivity contribution in [3.8, 4) is 11.5 Å². The van der Waals surface area contributed by atoms with Crippen LogP contribution in [-0.4, -0.2) is 54.3 Å². The first-order chi connectivity index (χ1) is 15.3. The first kappa shape index (κ1) is 21.9. The molecule has 1 unspecified atom stereocenters. The molecule has 2 aromatic rings. The molecule has 2 atom stereocenters. The van der Waals surface area contributed by atoms with Crippen LogP contribution in [0.25, 0.3) is 0 Å². The van der Waals surface area contributed by atoms with Crippen molar-refractivity contribution in [2.45, 2.75) is 39.3 Å². The number of methoxy groups -OCH3 is 2. The Morgan fingerprint density at radius 3 is 2.09 bits per heavy atom. The Hall–Kier alpha value is -3.35. The maximum atomic E-state index is 13.8. The van der Waals surface area contributed by atoms with E-state index in [0.29, 0.717) is 35.6 Å². The van der Waals surface area contributed by atoms with Crippen LogP contribution in [0.1, 0.15) is 58.7 Å². The number of amides is 3. The molecule has 0 N–H and O–H groups in total. The van der Waals surface area contributed by atoms with Crippen LogP contribution in [0.4, 0.5) is 0 Å². The van der Waals surface area contributed by atoms with Crippen molar-refractivity contribution >= 4 is 17.7 Å². The zero-order valence-corrected chi connectivity index (χ0v) is 19.0. The van der Waals surface area contributed by atoms with Crippen molar-refractivity contribution in [3.63, 3.8) is 0 Å². The van der Waals surface area contributed by atoms with Gasteiger partial charge < -0.3 is 14.4 Å². The van der Waals surface area contributed by atoms with Gasteiger partial charge in [0.25, 0.3) is 11.8 Å². The summed E-state index contributed by atoms with van der Waals surface area (Å²) in [6.45, 7) is 6.18. The van der Waals surface area contributed by atoms with Crippen LogP contribution in [0.5, 0.6) is 11.5 Å². The molecule has 7 nitrogen and oxygen atoms in total. The highest BCUT2D eigenvalue weighted by Gasteiger charge is 2.46. The first-order valence-electron chi connectivity index (χ1n) is 10.8. The number of nitrogens with zero attached hydrogens (tertiary/aromatic N) is 2. The van der Waals surface area contributed by atoms with Crippen LogP contribution in [0, 0.1) is 5.92 Å². The third kappa shape index (κ3) is 3.32. The van der Waals surface area contributed by atoms with E-state index in [-0.39, 0.29) is 17.9 Å². The molecule has 168 valence electrons. The van der Waals surface area contributed by atoms with Crippen molar-refractivity contribution < 1.29 is 23.9 Å². The summed E-state index contributed by atoms with van der Waals surface area (Å²) in [7, 11) is 3.18. The summed E-state index contributed by atoms with van der Waals surface area (Å²) >= 11 is 0. The van der Waals surface area contributed by atoms with E-state index in [2.05, 4.69) is 0 Å². The van der Waals surface area contributed by atoms with Crippen LogP contribution in [0.3, 0.4) is 0 Å². The molecule has 0 aliphatic carbocycles. The van der Waals surface area contributed by atoms with Gasteiger partial charge >= 0.3 is 0 Å². The predicted molar refractivity (Wildman–Crippen MR) is 119 cm³/mol. The fourth-order valence-corrected chi connectivity index (χ4v) is 4.77. The van der Waals surface area contributed by atoms with Gasteiger partial charge in [0.05, 0.1) is 31.4 Å². The van der Waals surface area contributed by atoms with Crippen molar-refractivity contribution in [1.82, 2.24) is 9.80 Å². The van der Waals surface area contributed by atoms with E-state index < -0.39 is 17.9 Å². The quantitative estimate of drug-likeness (QED) is 0.671. The zero-order chi connectivity index (χ0) is 23.2. The van der Waals surface area contributed by atoms with Gasteiger partial charge in [-0.25, -0.2) is 0 Å². The molecule has 0 saturated heterocycles. The number of imide groups is 1. The minimum absolute atomic E-state index is 0.220. The minimum Gasteiger partial charge on any atom is -0.493 e. The molecule has 2 aliphatic heterocycles. The summed E-state index contributed by atoms with van der Waals surface area (Å²) in [5.74, 6) is -0.00754. The fourth-order valence-electron chi connectivity index (χ4n) is 4.77. The van der Waals surface area contributed by atoms with Crippen LogP contribution in [0.2, 0.25) is 0 Å². The van der Waals surface area contributed by atoms with Gasteiger partial charge in [-0.3, -0.25) is 19.3 Å². The molecule has 0 fully saturated rings. The van der Waals surface area contributed by atoms with Crippen molar-refractivity contribution in [1.29, 1.82) is 0 Å². The Morgan fingerprint density at radius 2 is 1.56 bits per heavy atom. The minimum atomic E-state index is -0.869. The number of hydrogen-bond donors (Lipinski definition) is 0. The smallest absolute Gasteiger partial charge is 0.262 e. The van der Waals surface area contributed by atoms with Gasteiger partial charge in [-0.2, -0.15) is 0 Å². The topological polar surface area (TPSA) is 76.2 Å². The highest BCUT2D eigenvalue weighted by atomic mass is 16.5. The van der Waals surface area contributed by atoms with Crippen LogP contribution in [0.15, 0.2) is 36.4 Å². The zero-order valence-electron chi connectivity index (χ0n) is 19.0. The SMILES string of the molecule is COc1cc2c(cc1OC)C(C)N(C(=O)[C@H](C(C)C)N1C(=O)c3ccccc3C1=O)CC2. The number of carbonyl (C=O) groups is 3. The Morgan fingerprint density at radius 1 is 1.00 bits per heavy atom. The van der Waals surface area contributed by atoms with Gasteiger partial charge in [0.15, 0.2) is 11.5 Å². The molecule has 32 heavy (non-hydrogen) atoms. The normalized spacial score (nSPS) is 18.5. The fraction of sp³-hybridized carbons (Fsp3) is 0.400. The maximum Gasteiger partial charge on any atom is 0.262 e. The number of rotatable bonds is 5. The third-order valence-corrected chi connectivity index (χ3v) is 6.46. The molecule has 0 spiro atoms. The number of benzene rings is 2. The molecule has 2 heterocycles. The third-order valence-electron chi connectivity index (χ3n) is 6.46. The average Bonchev–Trinajstić information content (AvgIpc) is 3.04. The number of carbonyl (C=O) groups excluding carboxylic acids is 3. The molecule has 0 aromatic heterocycles. The molecule has 7 heteroatoms. The molecule has 0 radical (unpaired) electrons. The summed E-state index contributed by atoms with van der Waals surface area (Å²) in [4.78, 5) is 42.9. The van der Waals surface area contributed by atoms with E-state index in [1.807, 2.05) is 32.9 Å². The summed E-state index contributed by atoms with van der Waals surface area (Å²) in [6.07, 6.45) is 0.651. The first-order valence-corrected chi connectivity index (χ1v) is 10.8. The lowest BCUT2D eigenvalue weighted by Gasteiger charge is -2.40. The number of fused-ring (bicyclic) bond motifs is 2. The average molecular weight is 437 g/mol. The van der Waals surface area contributed by atoms with E-state index in [1.165, 1.54) is 0 Å². The molecule has 3 amide bonds. The summed E-state index contributed by atoms with van der Waals surface area (Å²) in [5, 5.41) is 0. The van der Waals surface area contributed by atoms with Gasteiger partial charge in [-0.15, -0.1) is 0 Å². The van der Waals surface area contributed by atoms with E-state index in [4.69, 9.17) is 9.47 Å². The van der Waals surface area contributed by atoms with E-state index in [9.17, 15) is 14.4 Å². The highest BCUT2D eigenvalue weighted by molar-refractivity contribution is 6.22. The van der Waals surface area contributed by atoms with Gasteiger partial charge in [-0.05, 0) is 54.7 Å². The Kier molecular flexibility index (Phi) is 5.67. The lowest BCUT2D eigenvalue weighted by atomic mass is 9.91. The summed E-state index contributed by atoms with van der Waals surface area (Å²) < 4.78 is 10.9. The van der Waals surface area contributed by atoms with E-state index in [1.54, 1.807) is 43.4 Å². The van der Waals surface area contributed by atoms with Crippen molar-refractivity contribution in [2.75, 3.05) is 20.8 Å². The predicted octanol–water partition coefficient (Wildman–Crippen LogP) is 3.47. The monoisotopic (exact) mass is 436 g/mol. The maximum absolute atomic E-state index is 13.8. The molecular weight excluding hydrogens is 408 g/mol. The summed E-state index contributed by atoms with van der Waals surface area (Å²) in [6, 6.07) is 9.49. The van der Waals surface area contributed by atoms with Crippen LogP contribution in [-0.2, 0) is 11.2 Å². The number of hydrogen-bond acceptors (Lipinski definition) is 5. The summed E-state index contributed by atoms with van der Waals surface area (Å²) in [5.41, 5.74) is 2.78. The highest BCUT2D eigenvalue weighted by Crippen LogP contribution is 2.39. The van der Waals surface area contributed by atoms with Crippen LogP contribution < -0.4 is 9.47 Å². The van der Waals surface area contributed by atoms with Crippen molar-refractivity contribution in [3.05, 3.63) is 58.7 Å². The molecule has 0 saturated carbocycles. The largest absolute Gasteiger partial charge is 0.493 e. The lowest BCUT2D eigenvalue weighted by Crippen LogP contribution is -2.55. The van der Waals surface area contributed by atoms with Crippen LogP contribution >= 0.6 is 0 Å². The molecule has 0 bridgehead atoms. The second kappa shape index (κ2) is 8.30. The van der Waals surface area contributed by atoms with Gasteiger partial charge in [0.1, 0.15) is 6.04 Å². The van der Waals surface area contributed by atoms with E-state index in [0.717, 1.165) is 16.0 Å². The number of ether oxygens (including phenoxy) is 2. The lowest BCUT2D eigenvalue weighted by molar-refractivity contribution is -0.139. The standard InChI is InChI=1S/C25H28N2O5/c1-14(2)22(27-23(28)17-8-6-7-9-18(17)24(27)29)25(30)26-11-10-16-12-20(31-4)21(32-5)13-19(16)15(26)3/h6-9,12-15,22H,10-11H2,1-5H3/t15?,22-/m0/s1. The molecule has 2 aliphatic rings. The molecular formula is C25H28N2O5. The van der Waals surface area contributed by atoms with Gasteiger partial charge in [0, 0.05) is 6.54 Å². The van der Waals surface area contributed by atoms with E-state index >= 15 is 0 Å². The molecule has 2 aromatic carbocycles. The Bertz CT molecular complexity index is 1060. The second-order valence-electron chi connectivity index (χ2n) is 8.58. The van der Waals surface area contributed by atoms with Crippen molar-refractivity contribution in [2.24, 2.45) is 5.92 Å². The Labute approximate surface area is 187 Å². The van der Waals surface area contributed by atoms with Gasteiger partial charge in [-0.1, -0.05) is 26.0 Å². The second-order valence-corrected chi connectivity index (χ2v) is 8.58. The molecule has 4 rings (SSSR count). The van der Waals surface area contributed by atoms with Gasteiger partial charge in [0.2, 0.25) is 5.91 Å².